The molecule has 0 spiro atoms. The Hall–Kier alpha value is -2.44. The summed E-state index contributed by atoms with van der Waals surface area (Å²) in [7, 11) is 0. The van der Waals surface area contributed by atoms with E-state index in [0.717, 1.165) is 12.8 Å². The fourth-order valence-electron chi connectivity index (χ4n) is 2.03. The van der Waals surface area contributed by atoms with Gasteiger partial charge < -0.3 is 14.4 Å². The van der Waals surface area contributed by atoms with Gasteiger partial charge in [-0.1, -0.05) is 11.2 Å². The second-order valence-electron chi connectivity index (χ2n) is 5.22. The number of aromatic nitrogens is 3. The van der Waals surface area contributed by atoms with E-state index in [4.69, 9.17) is 4.52 Å². The van der Waals surface area contributed by atoms with E-state index in [0.29, 0.717) is 17.6 Å². The molecule has 0 unspecified atom stereocenters. The highest BCUT2D eigenvalue weighted by Crippen LogP contribution is 2.38. The van der Waals surface area contributed by atoms with Crippen molar-refractivity contribution in [1.29, 1.82) is 0 Å². The first kappa shape index (κ1) is 13.5. The van der Waals surface area contributed by atoms with Crippen molar-refractivity contribution in [2.45, 2.75) is 38.3 Å². The van der Waals surface area contributed by atoms with Crippen LogP contribution in [0.3, 0.4) is 0 Å². The number of hydrogen-bond acceptors (Lipinski definition) is 5. The Bertz CT molecular complexity index is 702. The van der Waals surface area contributed by atoms with E-state index in [1.54, 1.807) is 25.3 Å². The fraction of sp³-hybridized carbons (Fsp3) is 0.429. The molecule has 1 amide bonds. The molecule has 2 aromatic heterocycles. The van der Waals surface area contributed by atoms with Crippen LogP contribution in [0.1, 0.15) is 43.4 Å². The van der Waals surface area contributed by atoms with Gasteiger partial charge in [0, 0.05) is 18.2 Å². The molecule has 1 saturated carbocycles. The van der Waals surface area contributed by atoms with E-state index in [1.165, 1.54) is 10.6 Å². The smallest absolute Gasteiger partial charge is 0.250 e. The Morgan fingerprint density at radius 2 is 2.33 bits per heavy atom. The molecular weight excluding hydrogens is 272 g/mol. The molecule has 7 heteroatoms. The predicted molar refractivity (Wildman–Crippen MR) is 73.5 cm³/mol. The van der Waals surface area contributed by atoms with Gasteiger partial charge in [-0.15, -0.1) is 0 Å². The third-order valence-electron chi connectivity index (χ3n) is 3.36. The van der Waals surface area contributed by atoms with Crippen molar-refractivity contribution in [1.82, 2.24) is 20.0 Å². The van der Waals surface area contributed by atoms with Gasteiger partial charge in [-0.2, -0.15) is 4.98 Å². The van der Waals surface area contributed by atoms with E-state index in [1.807, 2.05) is 0 Å². The lowest BCUT2D eigenvalue weighted by atomic mass is 10.3. The Labute approximate surface area is 121 Å². The van der Waals surface area contributed by atoms with E-state index < -0.39 is 0 Å². The molecule has 110 valence electrons. The first-order valence-electron chi connectivity index (χ1n) is 6.92. The molecule has 0 aromatic carbocycles. The standard InChI is InChI=1S/C14H16N4O3/c1-9(14-16-13(17-21-14)10-5-6-10)15-11(19)8-18-7-3-2-4-12(18)20/h2-4,7,9-10H,5-6,8H2,1H3,(H,15,19)/t9-/m0/s1. The maximum absolute atomic E-state index is 11.9. The summed E-state index contributed by atoms with van der Waals surface area (Å²) in [6.07, 6.45) is 3.76. The lowest BCUT2D eigenvalue weighted by molar-refractivity contribution is -0.122. The number of carbonyl (C=O) groups is 1. The quantitative estimate of drug-likeness (QED) is 0.886. The molecule has 1 N–H and O–H groups in total. The molecule has 0 aliphatic heterocycles. The topological polar surface area (TPSA) is 90.0 Å². The summed E-state index contributed by atoms with van der Waals surface area (Å²) in [5, 5.41) is 6.66. The van der Waals surface area contributed by atoms with Crippen LogP contribution in [0.4, 0.5) is 0 Å². The molecule has 1 atom stereocenters. The van der Waals surface area contributed by atoms with Crippen molar-refractivity contribution in [3.63, 3.8) is 0 Å². The summed E-state index contributed by atoms with van der Waals surface area (Å²) in [5.74, 6) is 1.24. The summed E-state index contributed by atoms with van der Waals surface area (Å²) in [6.45, 7) is 1.74. The van der Waals surface area contributed by atoms with Crippen LogP contribution in [0, 0.1) is 0 Å². The summed E-state index contributed by atoms with van der Waals surface area (Å²) in [5.41, 5.74) is -0.214. The number of nitrogens with zero attached hydrogens (tertiary/aromatic N) is 3. The van der Waals surface area contributed by atoms with Crippen molar-refractivity contribution in [3.8, 4) is 0 Å². The summed E-state index contributed by atoms with van der Waals surface area (Å²) >= 11 is 0. The first-order valence-corrected chi connectivity index (χ1v) is 6.92. The van der Waals surface area contributed by atoms with Crippen molar-refractivity contribution in [2.75, 3.05) is 0 Å². The van der Waals surface area contributed by atoms with Crippen LogP contribution in [0.5, 0.6) is 0 Å². The predicted octanol–water partition coefficient (Wildman–Crippen LogP) is 0.986. The van der Waals surface area contributed by atoms with Gasteiger partial charge in [0.2, 0.25) is 11.8 Å². The molecule has 0 saturated heterocycles. The van der Waals surface area contributed by atoms with Gasteiger partial charge in [-0.3, -0.25) is 9.59 Å². The van der Waals surface area contributed by atoms with Crippen LogP contribution in [0.25, 0.3) is 0 Å². The highest BCUT2D eigenvalue weighted by atomic mass is 16.5. The number of rotatable bonds is 5. The monoisotopic (exact) mass is 288 g/mol. The molecule has 1 fully saturated rings. The van der Waals surface area contributed by atoms with Crippen LogP contribution in [0.2, 0.25) is 0 Å². The summed E-state index contributed by atoms with van der Waals surface area (Å²) < 4.78 is 6.50. The largest absolute Gasteiger partial charge is 0.343 e. The van der Waals surface area contributed by atoms with Crippen molar-refractivity contribution >= 4 is 5.91 Å². The number of pyridine rings is 1. The van der Waals surface area contributed by atoms with Gasteiger partial charge in [0.05, 0.1) is 0 Å². The number of nitrogens with one attached hydrogen (secondary N) is 1. The summed E-state index contributed by atoms with van der Waals surface area (Å²) in [4.78, 5) is 27.8. The van der Waals surface area contributed by atoms with Gasteiger partial charge in [0.1, 0.15) is 12.6 Å². The molecule has 2 heterocycles. The minimum Gasteiger partial charge on any atom is -0.343 e. The van der Waals surface area contributed by atoms with Crippen molar-refractivity contribution in [3.05, 3.63) is 46.5 Å². The number of amides is 1. The van der Waals surface area contributed by atoms with Gasteiger partial charge in [-0.05, 0) is 25.8 Å². The highest BCUT2D eigenvalue weighted by Gasteiger charge is 2.29. The average molecular weight is 288 g/mol. The third kappa shape index (κ3) is 3.18. The average Bonchev–Trinajstić information content (AvgIpc) is 3.18. The molecule has 21 heavy (non-hydrogen) atoms. The van der Waals surface area contributed by atoms with Crippen LogP contribution < -0.4 is 10.9 Å². The molecule has 0 radical (unpaired) electrons. The van der Waals surface area contributed by atoms with Gasteiger partial charge in [0.25, 0.3) is 5.56 Å². The molecule has 1 aliphatic rings. The van der Waals surface area contributed by atoms with E-state index in [2.05, 4.69) is 15.5 Å². The fourth-order valence-corrected chi connectivity index (χ4v) is 2.03. The van der Waals surface area contributed by atoms with E-state index >= 15 is 0 Å². The minimum atomic E-state index is -0.378. The van der Waals surface area contributed by atoms with Gasteiger partial charge in [0.15, 0.2) is 5.82 Å². The Morgan fingerprint density at radius 1 is 1.52 bits per heavy atom. The highest BCUT2D eigenvalue weighted by molar-refractivity contribution is 5.76. The van der Waals surface area contributed by atoms with Crippen LogP contribution in [-0.4, -0.2) is 20.6 Å². The Kier molecular flexibility index (Phi) is 3.55. The van der Waals surface area contributed by atoms with Crippen LogP contribution >= 0.6 is 0 Å². The lowest BCUT2D eigenvalue weighted by Crippen LogP contribution is -2.33. The zero-order chi connectivity index (χ0) is 14.8. The number of hydrogen-bond donors (Lipinski definition) is 1. The van der Waals surface area contributed by atoms with E-state index in [-0.39, 0.29) is 24.1 Å². The molecular formula is C14H16N4O3. The zero-order valence-electron chi connectivity index (χ0n) is 11.7. The van der Waals surface area contributed by atoms with Gasteiger partial charge in [-0.25, -0.2) is 0 Å². The normalized spacial score (nSPS) is 15.7. The Morgan fingerprint density at radius 3 is 3.05 bits per heavy atom. The number of carbonyl (C=O) groups excluding carboxylic acids is 1. The molecule has 0 bridgehead atoms. The van der Waals surface area contributed by atoms with E-state index in [9.17, 15) is 9.59 Å². The maximum atomic E-state index is 11.9. The summed E-state index contributed by atoms with van der Waals surface area (Å²) in [6, 6.07) is 4.38. The third-order valence-corrected chi connectivity index (χ3v) is 3.36. The first-order chi connectivity index (χ1) is 10.1. The SMILES string of the molecule is C[C@H](NC(=O)Cn1ccccc1=O)c1nc(C2CC2)no1. The molecule has 2 aromatic rings. The van der Waals surface area contributed by atoms with Crippen molar-refractivity contribution < 1.29 is 9.32 Å². The minimum absolute atomic E-state index is 0.0341. The van der Waals surface area contributed by atoms with Crippen molar-refractivity contribution in [2.24, 2.45) is 0 Å². The second-order valence-corrected chi connectivity index (χ2v) is 5.22. The maximum Gasteiger partial charge on any atom is 0.250 e. The Balaban J connectivity index is 1.61. The lowest BCUT2D eigenvalue weighted by Gasteiger charge is -2.10. The second kappa shape index (κ2) is 5.51. The molecule has 1 aliphatic carbocycles. The van der Waals surface area contributed by atoms with Crippen LogP contribution in [0.15, 0.2) is 33.7 Å². The van der Waals surface area contributed by atoms with Gasteiger partial charge >= 0.3 is 0 Å². The molecule has 7 nitrogen and oxygen atoms in total. The molecule has 3 rings (SSSR count). The van der Waals surface area contributed by atoms with Crippen LogP contribution in [-0.2, 0) is 11.3 Å². The zero-order valence-corrected chi connectivity index (χ0v) is 11.7.